The maximum atomic E-state index is 11.2. The third kappa shape index (κ3) is 3.79. The van der Waals surface area contributed by atoms with Crippen molar-refractivity contribution < 1.29 is 9.90 Å². The zero-order valence-electron chi connectivity index (χ0n) is 15.0. The first-order chi connectivity index (χ1) is 13.1. The minimum absolute atomic E-state index is 0.174. The highest BCUT2D eigenvalue weighted by Gasteiger charge is 2.20. The van der Waals surface area contributed by atoms with E-state index in [0.717, 1.165) is 41.6 Å². The number of anilines is 1. The number of aromatic nitrogens is 3. The summed E-state index contributed by atoms with van der Waals surface area (Å²) in [5, 5.41) is 12.6. The van der Waals surface area contributed by atoms with Gasteiger partial charge < -0.3 is 10.4 Å². The maximum absolute atomic E-state index is 11.2. The van der Waals surface area contributed by atoms with Crippen molar-refractivity contribution in [2.24, 2.45) is 0 Å². The van der Waals surface area contributed by atoms with E-state index in [0.29, 0.717) is 11.5 Å². The number of nitrogens with one attached hydrogen (secondary N) is 1. The largest absolute Gasteiger partial charge is 0.478 e. The standard InChI is InChI=1S/C21H20N4O2/c1-13-8-17(12-22-11-13)19-6-7-23-21(25-19)24-18-5-4-14-2-3-15(20(26)27)9-16(14)10-18/h2-3,6-9,11-12,18H,4-5,10H2,1H3,(H,26,27)(H,23,24,25). The first-order valence-corrected chi connectivity index (χ1v) is 8.95. The molecule has 0 saturated heterocycles. The summed E-state index contributed by atoms with van der Waals surface area (Å²) >= 11 is 0. The summed E-state index contributed by atoms with van der Waals surface area (Å²) in [4.78, 5) is 24.4. The summed E-state index contributed by atoms with van der Waals surface area (Å²) in [5.74, 6) is -0.312. The number of aromatic carboxylic acids is 1. The molecule has 0 spiro atoms. The highest BCUT2D eigenvalue weighted by molar-refractivity contribution is 5.88. The van der Waals surface area contributed by atoms with Gasteiger partial charge in [0.25, 0.3) is 0 Å². The molecule has 1 aromatic carbocycles. The molecular formula is C21H20N4O2. The van der Waals surface area contributed by atoms with Crippen LogP contribution >= 0.6 is 0 Å². The monoisotopic (exact) mass is 360 g/mol. The second kappa shape index (κ2) is 7.15. The molecular weight excluding hydrogens is 340 g/mol. The smallest absolute Gasteiger partial charge is 0.335 e. The summed E-state index contributed by atoms with van der Waals surface area (Å²) < 4.78 is 0. The number of hydrogen-bond acceptors (Lipinski definition) is 5. The molecule has 136 valence electrons. The first kappa shape index (κ1) is 17.1. The lowest BCUT2D eigenvalue weighted by Gasteiger charge is -2.26. The van der Waals surface area contributed by atoms with Gasteiger partial charge >= 0.3 is 5.97 Å². The molecule has 2 heterocycles. The number of pyridine rings is 1. The van der Waals surface area contributed by atoms with Crippen molar-refractivity contribution >= 4 is 11.9 Å². The fraction of sp³-hybridized carbons (Fsp3) is 0.238. The number of rotatable bonds is 4. The van der Waals surface area contributed by atoms with Crippen LogP contribution in [0, 0.1) is 6.92 Å². The lowest BCUT2D eigenvalue weighted by molar-refractivity contribution is 0.0696. The fourth-order valence-corrected chi connectivity index (χ4v) is 3.48. The molecule has 0 amide bonds. The minimum atomic E-state index is -0.893. The lowest BCUT2D eigenvalue weighted by Crippen LogP contribution is -2.28. The van der Waals surface area contributed by atoms with E-state index in [1.54, 1.807) is 24.5 Å². The molecule has 0 bridgehead atoms. The van der Waals surface area contributed by atoms with Crippen LogP contribution in [0.2, 0.25) is 0 Å². The third-order valence-corrected chi connectivity index (χ3v) is 4.84. The van der Waals surface area contributed by atoms with Crippen LogP contribution in [0.5, 0.6) is 0 Å². The summed E-state index contributed by atoms with van der Waals surface area (Å²) in [5.41, 5.74) is 5.50. The van der Waals surface area contributed by atoms with Crippen molar-refractivity contribution in [3.63, 3.8) is 0 Å². The van der Waals surface area contributed by atoms with E-state index in [-0.39, 0.29) is 6.04 Å². The summed E-state index contributed by atoms with van der Waals surface area (Å²) in [7, 11) is 0. The zero-order chi connectivity index (χ0) is 18.8. The second-order valence-corrected chi connectivity index (χ2v) is 6.89. The number of fused-ring (bicyclic) bond motifs is 1. The van der Waals surface area contributed by atoms with Gasteiger partial charge in [-0.05, 0) is 67.1 Å². The van der Waals surface area contributed by atoms with Crippen LogP contribution in [0.4, 0.5) is 5.95 Å². The Kier molecular flexibility index (Phi) is 4.54. The molecule has 0 saturated carbocycles. The number of nitrogens with zero attached hydrogens (tertiary/aromatic N) is 3. The molecule has 1 atom stereocenters. The van der Waals surface area contributed by atoms with Gasteiger partial charge in [0.05, 0.1) is 11.3 Å². The number of carboxylic acids is 1. The fourth-order valence-electron chi connectivity index (χ4n) is 3.48. The van der Waals surface area contributed by atoms with Crippen molar-refractivity contribution in [1.29, 1.82) is 0 Å². The summed E-state index contributed by atoms with van der Waals surface area (Å²) in [6.07, 6.45) is 7.98. The van der Waals surface area contributed by atoms with Gasteiger partial charge in [-0.15, -0.1) is 0 Å². The Morgan fingerprint density at radius 2 is 2.07 bits per heavy atom. The molecule has 1 aliphatic carbocycles. The van der Waals surface area contributed by atoms with Crippen LogP contribution in [0.25, 0.3) is 11.3 Å². The minimum Gasteiger partial charge on any atom is -0.478 e. The van der Waals surface area contributed by atoms with E-state index in [1.807, 2.05) is 31.3 Å². The topological polar surface area (TPSA) is 88.0 Å². The highest BCUT2D eigenvalue weighted by atomic mass is 16.4. The quantitative estimate of drug-likeness (QED) is 0.740. The Labute approximate surface area is 157 Å². The molecule has 2 aromatic heterocycles. The average Bonchev–Trinajstić information content (AvgIpc) is 2.67. The van der Waals surface area contributed by atoms with Gasteiger partial charge in [0.15, 0.2) is 0 Å². The molecule has 1 unspecified atom stereocenters. The number of aryl methyl sites for hydroxylation is 2. The molecule has 0 radical (unpaired) electrons. The normalized spacial score (nSPS) is 15.8. The average molecular weight is 360 g/mol. The van der Waals surface area contributed by atoms with Crippen LogP contribution in [0.15, 0.2) is 48.9 Å². The van der Waals surface area contributed by atoms with Gasteiger partial charge in [0.1, 0.15) is 0 Å². The Bertz CT molecular complexity index is 1000. The third-order valence-electron chi connectivity index (χ3n) is 4.84. The number of hydrogen-bond donors (Lipinski definition) is 2. The van der Waals surface area contributed by atoms with Crippen LogP contribution in [0.1, 0.15) is 33.5 Å². The van der Waals surface area contributed by atoms with Gasteiger partial charge in [-0.25, -0.2) is 14.8 Å². The van der Waals surface area contributed by atoms with E-state index in [2.05, 4.69) is 20.3 Å². The molecule has 6 heteroatoms. The van der Waals surface area contributed by atoms with Crippen LogP contribution in [0.3, 0.4) is 0 Å². The number of carbonyl (C=O) groups is 1. The van der Waals surface area contributed by atoms with Gasteiger partial charge in [0.2, 0.25) is 5.95 Å². The first-order valence-electron chi connectivity index (χ1n) is 8.95. The van der Waals surface area contributed by atoms with E-state index in [9.17, 15) is 9.90 Å². The second-order valence-electron chi connectivity index (χ2n) is 6.89. The predicted molar refractivity (Wildman–Crippen MR) is 103 cm³/mol. The Morgan fingerprint density at radius 1 is 1.19 bits per heavy atom. The summed E-state index contributed by atoms with van der Waals surface area (Å²) in [6.45, 7) is 2.00. The van der Waals surface area contributed by atoms with Crippen LogP contribution in [-0.4, -0.2) is 32.1 Å². The number of carboxylic acid groups (broad SMARTS) is 1. The molecule has 0 fully saturated rings. The Morgan fingerprint density at radius 3 is 2.89 bits per heavy atom. The molecule has 27 heavy (non-hydrogen) atoms. The van der Waals surface area contributed by atoms with E-state index >= 15 is 0 Å². The van der Waals surface area contributed by atoms with Crippen LogP contribution < -0.4 is 5.32 Å². The van der Waals surface area contributed by atoms with Crippen LogP contribution in [-0.2, 0) is 12.8 Å². The molecule has 3 aromatic rings. The van der Waals surface area contributed by atoms with Crippen molar-refractivity contribution in [1.82, 2.24) is 15.0 Å². The highest BCUT2D eigenvalue weighted by Crippen LogP contribution is 2.25. The van der Waals surface area contributed by atoms with E-state index in [4.69, 9.17) is 0 Å². The molecule has 0 aliphatic heterocycles. The molecule has 2 N–H and O–H groups in total. The zero-order valence-corrected chi connectivity index (χ0v) is 15.0. The Hall–Kier alpha value is -3.28. The maximum Gasteiger partial charge on any atom is 0.335 e. The van der Waals surface area contributed by atoms with Gasteiger partial charge in [-0.2, -0.15) is 0 Å². The van der Waals surface area contributed by atoms with Gasteiger partial charge in [-0.1, -0.05) is 6.07 Å². The number of benzene rings is 1. The van der Waals surface area contributed by atoms with Gasteiger partial charge in [0, 0.05) is 30.2 Å². The van der Waals surface area contributed by atoms with Gasteiger partial charge in [-0.3, -0.25) is 4.98 Å². The summed E-state index contributed by atoms with van der Waals surface area (Å²) in [6, 6.07) is 9.47. The van der Waals surface area contributed by atoms with E-state index in [1.165, 1.54) is 5.56 Å². The van der Waals surface area contributed by atoms with Crippen molar-refractivity contribution in [3.05, 3.63) is 71.2 Å². The van der Waals surface area contributed by atoms with E-state index < -0.39 is 5.97 Å². The van der Waals surface area contributed by atoms with Crippen molar-refractivity contribution in [2.45, 2.75) is 32.2 Å². The lowest BCUT2D eigenvalue weighted by atomic mass is 9.87. The van der Waals surface area contributed by atoms with Crippen molar-refractivity contribution in [3.8, 4) is 11.3 Å². The SMILES string of the molecule is Cc1cncc(-c2ccnc(NC3CCc4ccc(C(=O)O)cc4C3)n2)c1. The van der Waals surface area contributed by atoms with Crippen molar-refractivity contribution in [2.75, 3.05) is 5.32 Å². The predicted octanol–water partition coefficient (Wildman–Crippen LogP) is 3.51. The molecule has 6 nitrogen and oxygen atoms in total. The molecule has 1 aliphatic rings. The molecule has 4 rings (SSSR count). The Balaban J connectivity index is 1.53.